The number of hydrogen-bond acceptors (Lipinski definition) is 1. The second-order valence-electron chi connectivity index (χ2n) is 3.46. The average molecular weight is 215 g/mol. The summed E-state index contributed by atoms with van der Waals surface area (Å²) < 4.78 is 8.07. The first-order chi connectivity index (χ1) is 7.75. The molecule has 2 rings (SSSR count). The van der Waals surface area contributed by atoms with Gasteiger partial charge in [-0.15, -0.1) is 11.8 Å². The van der Waals surface area contributed by atoms with E-state index in [-0.39, 0.29) is 5.73 Å². The van der Waals surface area contributed by atoms with Gasteiger partial charge in [-0.2, -0.15) is 0 Å². The van der Waals surface area contributed by atoms with E-state index in [2.05, 4.69) is 31.2 Å². The zero-order valence-electron chi connectivity index (χ0n) is 9.68. The monoisotopic (exact) mass is 215 g/mol. The lowest BCUT2D eigenvalue weighted by Gasteiger charge is -2.02. The molecule has 0 amide bonds. The Hall–Kier alpha value is -1.21. The standard InChI is InChI=1S/C14H14S/c1-12-7-9-14(10-8-12)15-11-13-5-3-2-4-6-13/h2-10H,11H2,1H3/i11D/t11-/m1/s1. The average Bonchev–Trinajstić information content (AvgIpc) is 2.33. The fourth-order valence-electron chi connectivity index (χ4n) is 1.28. The molecule has 15 heavy (non-hydrogen) atoms. The van der Waals surface area contributed by atoms with Crippen molar-refractivity contribution in [1.82, 2.24) is 0 Å². The number of thioether (sulfide) groups is 1. The van der Waals surface area contributed by atoms with Crippen LogP contribution in [0, 0.1) is 6.92 Å². The third kappa shape index (κ3) is 3.14. The molecule has 1 atom stereocenters. The maximum atomic E-state index is 8.07. The molecule has 0 nitrogen and oxygen atoms in total. The van der Waals surface area contributed by atoms with Crippen LogP contribution in [0.25, 0.3) is 0 Å². The zero-order chi connectivity index (χ0) is 11.4. The van der Waals surface area contributed by atoms with E-state index >= 15 is 0 Å². The van der Waals surface area contributed by atoms with E-state index in [1.54, 1.807) is 11.8 Å². The third-order valence-electron chi connectivity index (χ3n) is 2.15. The molecule has 0 fully saturated rings. The molecule has 0 saturated carbocycles. The molecule has 2 aromatic carbocycles. The highest BCUT2D eigenvalue weighted by Crippen LogP contribution is 2.22. The molecular weight excluding hydrogens is 200 g/mol. The summed E-state index contributed by atoms with van der Waals surface area (Å²) in [5, 5.41) is 0. The molecule has 0 N–H and O–H groups in total. The van der Waals surface area contributed by atoms with Crippen molar-refractivity contribution in [2.45, 2.75) is 17.5 Å². The van der Waals surface area contributed by atoms with Crippen LogP contribution in [-0.2, 0) is 5.73 Å². The maximum absolute atomic E-state index is 8.07. The van der Waals surface area contributed by atoms with E-state index < -0.39 is 0 Å². The number of benzene rings is 2. The lowest BCUT2D eigenvalue weighted by molar-refractivity contribution is 1.35. The van der Waals surface area contributed by atoms with Gasteiger partial charge in [-0.1, -0.05) is 48.0 Å². The SMILES string of the molecule is [2H][C@@H](Sc1ccc(C)cc1)c1ccccc1. The van der Waals surface area contributed by atoms with Crippen molar-refractivity contribution in [2.24, 2.45) is 0 Å². The van der Waals surface area contributed by atoms with Crippen LogP contribution in [0.1, 0.15) is 12.5 Å². The molecule has 0 unspecified atom stereocenters. The maximum Gasteiger partial charge on any atom is 0.0434 e. The summed E-state index contributed by atoms with van der Waals surface area (Å²) in [6.45, 7) is 2.07. The van der Waals surface area contributed by atoms with Gasteiger partial charge in [0.15, 0.2) is 0 Å². The predicted molar refractivity (Wildman–Crippen MR) is 67.2 cm³/mol. The highest BCUT2D eigenvalue weighted by molar-refractivity contribution is 7.98. The van der Waals surface area contributed by atoms with Crippen LogP contribution < -0.4 is 0 Å². The Morgan fingerprint density at radius 1 is 1.00 bits per heavy atom. The molecular formula is C14H14S. The first kappa shape index (κ1) is 9.05. The van der Waals surface area contributed by atoms with Gasteiger partial charge in [-0.25, -0.2) is 0 Å². The van der Waals surface area contributed by atoms with Gasteiger partial charge in [-0.05, 0) is 24.6 Å². The molecule has 0 bridgehead atoms. The van der Waals surface area contributed by atoms with Crippen molar-refractivity contribution in [3.8, 4) is 0 Å². The highest BCUT2D eigenvalue weighted by atomic mass is 32.2. The van der Waals surface area contributed by atoms with E-state index in [4.69, 9.17) is 1.37 Å². The Kier molecular flexibility index (Phi) is 3.04. The summed E-state index contributed by atoms with van der Waals surface area (Å²) in [5.74, 6) is 0. The Balaban J connectivity index is 2.08. The summed E-state index contributed by atoms with van der Waals surface area (Å²) in [7, 11) is 0. The normalized spacial score (nSPS) is 13.3. The lowest BCUT2D eigenvalue weighted by Crippen LogP contribution is -1.79. The van der Waals surface area contributed by atoms with Crippen LogP contribution in [0.3, 0.4) is 0 Å². The van der Waals surface area contributed by atoms with Gasteiger partial charge in [0.1, 0.15) is 0 Å². The predicted octanol–water partition coefficient (Wildman–Crippen LogP) is 4.29. The van der Waals surface area contributed by atoms with Gasteiger partial charge >= 0.3 is 0 Å². The van der Waals surface area contributed by atoms with Gasteiger partial charge in [-0.3, -0.25) is 0 Å². The highest BCUT2D eigenvalue weighted by Gasteiger charge is 1.94. The van der Waals surface area contributed by atoms with Gasteiger partial charge in [0.2, 0.25) is 0 Å². The van der Waals surface area contributed by atoms with Crippen molar-refractivity contribution < 1.29 is 1.37 Å². The minimum Gasteiger partial charge on any atom is -0.121 e. The molecule has 2 aromatic rings. The zero-order valence-corrected chi connectivity index (χ0v) is 9.50. The van der Waals surface area contributed by atoms with Gasteiger partial charge in [0.25, 0.3) is 0 Å². The van der Waals surface area contributed by atoms with Crippen molar-refractivity contribution in [3.63, 3.8) is 0 Å². The van der Waals surface area contributed by atoms with Crippen LogP contribution >= 0.6 is 11.8 Å². The smallest absolute Gasteiger partial charge is 0.0434 e. The molecule has 0 spiro atoms. The molecule has 0 aliphatic heterocycles. The Bertz CT molecular complexity index is 436. The summed E-state index contributed by atoms with van der Waals surface area (Å²) in [5.41, 5.74) is 2.06. The summed E-state index contributed by atoms with van der Waals surface area (Å²) in [6.07, 6.45) is 0. The number of aryl methyl sites for hydroxylation is 1. The number of hydrogen-bond donors (Lipinski definition) is 0. The van der Waals surface area contributed by atoms with Crippen molar-refractivity contribution >= 4 is 11.8 Å². The lowest BCUT2D eigenvalue weighted by atomic mass is 10.2. The number of rotatable bonds is 3. The van der Waals surface area contributed by atoms with E-state index in [0.29, 0.717) is 0 Å². The Labute approximate surface area is 96.7 Å². The first-order valence-corrected chi connectivity index (χ1v) is 5.84. The fraction of sp³-hybridized carbons (Fsp3) is 0.143. The van der Waals surface area contributed by atoms with E-state index in [1.807, 2.05) is 30.3 Å². The summed E-state index contributed by atoms with van der Waals surface area (Å²) in [4.78, 5) is 1.15. The van der Waals surface area contributed by atoms with E-state index in [9.17, 15) is 0 Å². The van der Waals surface area contributed by atoms with Crippen molar-refractivity contribution in [1.29, 1.82) is 0 Å². The molecule has 0 heterocycles. The Morgan fingerprint density at radius 3 is 2.33 bits per heavy atom. The van der Waals surface area contributed by atoms with E-state index in [1.165, 1.54) is 5.56 Å². The fourth-order valence-corrected chi connectivity index (χ4v) is 2.01. The third-order valence-corrected chi connectivity index (χ3v) is 3.09. The second-order valence-corrected chi connectivity index (χ2v) is 4.40. The molecule has 0 aliphatic carbocycles. The second kappa shape index (κ2) is 5.04. The van der Waals surface area contributed by atoms with Crippen LogP contribution in [0.4, 0.5) is 0 Å². The molecule has 0 aromatic heterocycles. The molecule has 0 saturated heterocycles. The Morgan fingerprint density at radius 2 is 1.67 bits per heavy atom. The van der Waals surface area contributed by atoms with Crippen LogP contribution in [0.2, 0.25) is 0 Å². The molecule has 76 valence electrons. The largest absolute Gasteiger partial charge is 0.121 e. The molecule has 0 aliphatic rings. The summed E-state index contributed by atoms with van der Waals surface area (Å²) in [6, 6.07) is 18.2. The van der Waals surface area contributed by atoms with Gasteiger partial charge in [0.05, 0.1) is 0 Å². The topological polar surface area (TPSA) is 0 Å². The quantitative estimate of drug-likeness (QED) is 0.688. The first-order valence-electron chi connectivity index (χ1n) is 5.54. The van der Waals surface area contributed by atoms with Crippen molar-refractivity contribution in [3.05, 3.63) is 65.7 Å². The molecule has 1 heteroatoms. The van der Waals surface area contributed by atoms with Gasteiger partial charge in [0, 0.05) is 12.0 Å². The molecule has 0 radical (unpaired) electrons. The van der Waals surface area contributed by atoms with E-state index in [0.717, 1.165) is 10.5 Å². The van der Waals surface area contributed by atoms with Crippen molar-refractivity contribution in [2.75, 3.05) is 0 Å². The summed E-state index contributed by atoms with van der Waals surface area (Å²) >= 11 is 1.57. The minimum atomic E-state index is -0.246. The van der Waals surface area contributed by atoms with Crippen LogP contribution in [-0.4, -0.2) is 0 Å². The van der Waals surface area contributed by atoms with Gasteiger partial charge < -0.3 is 0 Å². The van der Waals surface area contributed by atoms with Crippen LogP contribution in [0.5, 0.6) is 0 Å². The minimum absolute atomic E-state index is 0.246. The van der Waals surface area contributed by atoms with Crippen LogP contribution in [0.15, 0.2) is 59.5 Å².